The number of unbranched alkanes of at least 4 members (excludes halogenated alkanes) is 1. The highest BCUT2D eigenvalue weighted by molar-refractivity contribution is 9.10. The molecule has 0 aliphatic heterocycles. The smallest absolute Gasteiger partial charge is 0.153 e. The predicted molar refractivity (Wildman–Crippen MR) is 101 cm³/mol. The number of hydrogen-bond acceptors (Lipinski definition) is 1. The van der Waals surface area contributed by atoms with Crippen molar-refractivity contribution in [1.82, 2.24) is 0 Å². The van der Waals surface area contributed by atoms with E-state index in [0.717, 1.165) is 35.7 Å². The Labute approximate surface area is 151 Å². The quantitative estimate of drug-likeness (QED) is 0.287. The Bertz CT molecular complexity index is 557. The highest BCUT2D eigenvalue weighted by Crippen LogP contribution is 2.34. The van der Waals surface area contributed by atoms with Gasteiger partial charge in [-0.2, -0.15) is 0 Å². The van der Waals surface area contributed by atoms with Gasteiger partial charge in [0.15, 0.2) is 5.78 Å². The van der Waals surface area contributed by atoms with Gasteiger partial charge in [0.25, 0.3) is 0 Å². The van der Waals surface area contributed by atoms with E-state index in [0.29, 0.717) is 5.33 Å². The van der Waals surface area contributed by atoms with Crippen molar-refractivity contribution in [3.8, 4) is 12.3 Å². The van der Waals surface area contributed by atoms with Crippen LogP contribution in [-0.4, -0.2) is 11.1 Å². The maximum absolute atomic E-state index is 12.5. The second kappa shape index (κ2) is 8.31. The lowest BCUT2D eigenvalue weighted by Gasteiger charge is -2.29. The Balaban J connectivity index is 2.82. The van der Waals surface area contributed by atoms with Crippen LogP contribution in [0.25, 0.3) is 0 Å². The lowest BCUT2D eigenvalue weighted by molar-refractivity contribution is -0.121. The minimum Gasteiger partial charge on any atom is -0.298 e. The van der Waals surface area contributed by atoms with E-state index in [1.54, 1.807) is 0 Å². The zero-order valence-electron chi connectivity index (χ0n) is 13.6. The van der Waals surface area contributed by atoms with Crippen LogP contribution in [0, 0.1) is 17.8 Å². The number of ketones is 1. The van der Waals surface area contributed by atoms with Crippen molar-refractivity contribution in [2.45, 2.75) is 51.9 Å². The molecule has 0 bridgehead atoms. The zero-order chi connectivity index (χ0) is 16.8. The van der Waals surface area contributed by atoms with Crippen molar-refractivity contribution in [1.29, 1.82) is 0 Å². The van der Waals surface area contributed by atoms with Crippen LogP contribution in [0.3, 0.4) is 0 Å². The molecular weight excluding hydrogens is 404 g/mol. The highest BCUT2D eigenvalue weighted by Gasteiger charge is 2.33. The van der Waals surface area contributed by atoms with Gasteiger partial charge in [-0.05, 0) is 51.3 Å². The minimum absolute atomic E-state index is 0.0639. The standard InChI is InChI=1S/C19H24Br2O/c1-5-18(2,3)11-6-7-12-19(4,17(22)14-20)15-9-8-10-16(21)13-15/h1,8-10,13H,6-7,11-12,14H2,2-4H3. The zero-order valence-corrected chi connectivity index (χ0v) is 16.8. The average Bonchev–Trinajstić information content (AvgIpc) is 2.50. The van der Waals surface area contributed by atoms with E-state index in [1.165, 1.54) is 0 Å². The number of hydrogen-bond donors (Lipinski definition) is 0. The average molecular weight is 428 g/mol. The molecule has 0 aromatic heterocycles. The molecule has 0 saturated heterocycles. The SMILES string of the molecule is C#CC(C)(C)CCCCC(C)(C(=O)CBr)c1cccc(Br)c1. The van der Waals surface area contributed by atoms with Crippen LogP contribution in [0.1, 0.15) is 52.0 Å². The number of benzene rings is 1. The number of terminal acetylenes is 1. The lowest BCUT2D eigenvalue weighted by atomic mass is 9.74. The van der Waals surface area contributed by atoms with Crippen molar-refractivity contribution in [2.24, 2.45) is 5.41 Å². The third-order valence-corrected chi connectivity index (χ3v) is 5.32. The molecule has 1 nitrogen and oxygen atoms in total. The number of rotatable bonds is 8. The fourth-order valence-electron chi connectivity index (χ4n) is 2.54. The van der Waals surface area contributed by atoms with Crippen LogP contribution in [0.2, 0.25) is 0 Å². The number of alkyl halides is 1. The summed E-state index contributed by atoms with van der Waals surface area (Å²) in [5.74, 6) is 3.06. The second-order valence-corrected chi connectivity index (χ2v) is 8.11. The summed E-state index contributed by atoms with van der Waals surface area (Å²) >= 11 is 6.83. The van der Waals surface area contributed by atoms with Crippen molar-refractivity contribution in [2.75, 3.05) is 5.33 Å². The van der Waals surface area contributed by atoms with E-state index in [1.807, 2.05) is 31.2 Å². The number of Topliss-reactive ketones (excluding diaryl/α,β-unsaturated/α-hetero) is 1. The molecule has 1 unspecified atom stereocenters. The normalized spacial score (nSPS) is 14.2. The van der Waals surface area contributed by atoms with E-state index < -0.39 is 5.41 Å². The second-order valence-electron chi connectivity index (χ2n) is 6.63. The molecule has 1 atom stereocenters. The van der Waals surface area contributed by atoms with Gasteiger partial charge < -0.3 is 0 Å². The van der Waals surface area contributed by atoms with E-state index >= 15 is 0 Å². The first-order valence-electron chi connectivity index (χ1n) is 7.58. The molecule has 0 fully saturated rings. The fourth-order valence-corrected chi connectivity index (χ4v) is 3.56. The lowest BCUT2D eigenvalue weighted by Crippen LogP contribution is -2.33. The molecule has 22 heavy (non-hydrogen) atoms. The summed E-state index contributed by atoms with van der Waals surface area (Å²) in [6, 6.07) is 8.06. The summed E-state index contributed by atoms with van der Waals surface area (Å²) in [5, 5.41) is 0.381. The Kier molecular flexibility index (Phi) is 7.35. The van der Waals surface area contributed by atoms with Gasteiger partial charge in [-0.3, -0.25) is 4.79 Å². The molecule has 3 heteroatoms. The summed E-state index contributed by atoms with van der Waals surface area (Å²) in [6.45, 7) is 6.22. The summed E-state index contributed by atoms with van der Waals surface area (Å²) in [6.07, 6.45) is 9.40. The molecule has 0 spiro atoms. The van der Waals surface area contributed by atoms with Crippen LogP contribution < -0.4 is 0 Å². The molecule has 0 N–H and O–H groups in total. The van der Waals surface area contributed by atoms with Crippen molar-refractivity contribution < 1.29 is 4.79 Å². The van der Waals surface area contributed by atoms with Crippen molar-refractivity contribution >= 4 is 37.6 Å². The summed E-state index contributed by atoms with van der Waals surface area (Å²) < 4.78 is 1.01. The van der Waals surface area contributed by atoms with Gasteiger partial charge in [-0.1, -0.05) is 56.8 Å². The molecule has 0 heterocycles. The van der Waals surface area contributed by atoms with Gasteiger partial charge >= 0.3 is 0 Å². The van der Waals surface area contributed by atoms with Crippen molar-refractivity contribution in [3.63, 3.8) is 0 Å². The van der Waals surface area contributed by atoms with Crippen molar-refractivity contribution in [3.05, 3.63) is 34.3 Å². The molecule has 0 amide bonds. The Morgan fingerprint density at radius 3 is 2.41 bits per heavy atom. The van der Waals surface area contributed by atoms with Gasteiger partial charge in [0.05, 0.1) is 10.7 Å². The third-order valence-electron chi connectivity index (χ3n) is 4.32. The number of halogens is 2. The first-order chi connectivity index (χ1) is 10.2. The molecule has 0 radical (unpaired) electrons. The van der Waals surface area contributed by atoms with E-state index in [4.69, 9.17) is 6.42 Å². The Morgan fingerprint density at radius 2 is 1.86 bits per heavy atom. The van der Waals surface area contributed by atoms with Crippen LogP contribution in [0.4, 0.5) is 0 Å². The minimum atomic E-state index is -0.451. The number of carbonyl (C=O) groups excluding carboxylic acids is 1. The van der Waals surface area contributed by atoms with Gasteiger partial charge in [0, 0.05) is 9.89 Å². The first kappa shape index (κ1) is 19.5. The molecule has 1 aromatic rings. The van der Waals surface area contributed by atoms with E-state index in [9.17, 15) is 4.79 Å². The highest BCUT2D eigenvalue weighted by atomic mass is 79.9. The number of carbonyl (C=O) groups is 1. The fraction of sp³-hybridized carbons (Fsp3) is 0.526. The molecule has 0 aliphatic rings. The van der Waals surface area contributed by atoms with Crippen LogP contribution in [0.15, 0.2) is 28.7 Å². The van der Waals surface area contributed by atoms with Gasteiger partial charge in [0.1, 0.15) is 0 Å². The van der Waals surface area contributed by atoms with Crippen LogP contribution in [0.5, 0.6) is 0 Å². The Hall–Kier alpha value is -0.590. The van der Waals surface area contributed by atoms with Gasteiger partial charge in [-0.15, -0.1) is 12.3 Å². The molecule has 1 rings (SSSR count). The molecule has 120 valence electrons. The maximum atomic E-state index is 12.5. The summed E-state index contributed by atoms with van der Waals surface area (Å²) in [4.78, 5) is 12.5. The van der Waals surface area contributed by atoms with Gasteiger partial charge in [0.2, 0.25) is 0 Å². The van der Waals surface area contributed by atoms with E-state index in [-0.39, 0.29) is 11.2 Å². The largest absolute Gasteiger partial charge is 0.298 e. The first-order valence-corrected chi connectivity index (χ1v) is 9.50. The van der Waals surface area contributed by atoms with Crippen LogP contribution >= 0.6 is 31.9 Å². The molecule has 0 aliphatic carbocycles. The molecule has 0 saturated carbocycles. The molecular formula is C19H24Br2O. The van der Waals surface area contributed by atoms with E-state index in [2.05, 4.69) is 51.6 Å². The Morgan fingerprint density at radius 1 is 1.23 bits per heavy atom. The monoisotopic (exact) mass is 426 g/mol. The van der Waals surface area contributed by atoms with Crippen LogP contribution in [-0.2, 0) is 10.2 Å². The topological polar surface area (TPSA) is 17.1 Å². The third kappa shape index (κ3) is 5.25. The summed E-state index contributed by atoms with van der Waals surface area (Å²) in [5.41, 5.74) is 0.557. The molecule has 1 aromatic carbocycles. The maximum Gasteiger partial charge on any atom is 0.153 e. The predicted octanol–water partition coefficient (Wildman–Crippen LogP) is 5.89. The summed E-state index contributed by atoms with van der Waals surface area (Å²) in [7, 11) is 0. The van der Waals surface area contributed by atoms with Gasteiger partial charge in [-0.25, -0.2) is 0 Å².